The summed E-state index contributed by atoms with van der Waals surface area (Å²) in [5.74, 6) is -0.259. The number of amides is 1. The summed E-state index contributed by atoms with van der Waals surface area (Å²) < 4.78 is 23.2. The monoisotopic (exact) mass is 869 g/mol. The molecule has 0 saturated heterocycles. The van der Waals surface area contributed by atoms with Gasteiger partial charge in [-0.1, -0.05) is 168 Å². The molecular formula is C52H89N2O6P. The quantitative estimate of drug-likeness (QED) is 0.0274. The summed E-state index contributed by atoms with van der Waals surface area (Å²) >= 11 is 0. The van der Waals surface area contributed by atoms with E-state index in [1.807, 2.05) is 27.2 Å². The van der Waals surface area contributed by atoms with Crippen LogP contribution in [0.1, 0.15) is 162 Å². The number of phosphoric acid groups is 1. The van der Waals surface area contributed by atoms with E-state index in [0.717, 1.165) is 70.6 Å². The van der Waals surface area contributed by atoms with Crippen molar-refractivity contribution >= 4 is 13.7 Å². The number of hydrogen-bond donors (Lipinski definition) is 2. The first-order valence-electron chi connectivity index (χ1n) is 23.7. The van der Waals surface area contributed by atoms with Crippen LogP contribution in [0.5, 0.6) is 0 Å². The first-order chi connectivity index (χ1) is 29.5. The largest absolute Gasteiger partial charge is 0.756 e. The highest BCUT2D eigenvalue weighted by molar-refractivity contribution is 7.45. The number of carbonyl (C=O) groups is 1. The molecule has 0 aromatic carbocycles. The number of phosphoric ester groups is 1. The van der Waals surface area contributed by atoms with Gasteiger partial charge in [0.2, 0.25) is 5.91 Å². The van der Waals surface area contributed by atoms with E-state index in [9.17, 15) is 19.4 Å². The lowest BCUT2D eigenvalue weighted by molar-refractivity contribution is -0.870. The molecule has 0 heterocycles. The van der Waals surface area contributed by atoms with Crippen LogP contribution in [0.15, 0.2) is 109 Å². The Morgan fingerprint density at radius 1 is 0.590 bits per heavy atom. The summed E-state index contributed by atoms with van der Waals surface area (Å²) in [6, 6.07) is -0.940. The zero-order chi connectivity index (χ0) is 45.0. The van der Waals surface area contributed by atoms with Gasteiger partial charge in [0.15, 0.2) is 0 Å². The smallest absolute Gasteiger partial charge is 0.268 e. The van der Waals surface area contributed by atoms with Crippen molar-refractivity contribution < 1.29 is 32.9 Å². The number of allylic oxidation sites excluding steroid dienone is 17. The van der Waals surface area contributed by atoms with Gasteiger partial charge in [0.1, 0.15) is 13.2 Å². The lowest BCUT2D eigenvalue weighted by Crippen LogP contribution is -2.45. The number of aliphatic hydroxyl groups is 1. The summed E-state index contributed by atoms with van der Waals surface area (Å²) in [4.78, 5) is 25.3. The Morgan fingerprint density at radius 3 is 1.52 bits per heavy atom. The van der Waals surface area contributed by atoms with E-state index >= 15 is 0 Å². The van der Waals surface area contributed by atoms with Crippen LogP contribution in [0.4, 0.5) is 0 Å². The third kappa shape index (κ3) is 45.0. The maximum atomic E-state index is 12.9. The summed E-state index contributed by atoms with van der Waals surface area (Å²) in [6.45, 7) is 4.44. The van der Waals surface area contributed by atoms with Crippen molar-refractivity contribution in [2.24, 2.45) is 0 Å². The predicted octanol–water partition coefficient (Wildman–Crippen LogP) is 13.1. The van der Waals surface area contributed by atoms with Crippen molar-refractivity contribution in [3.63, 3.8) is 0 Å². The Morgan fingerprint density at radius 2 is 1.02 bits per heavy atom. The Labute approximate surface area is 374 Å². The molecule has 61 heavy (non-hydrogen) atoms. The molecule has 0 aliphatic carbocycles. The van der Waals surface area contributed by atoms with E-state index in [4.69, 9.17) is 9.05 Å². The van der Waals surface area contributed by atoms with Crippen molar-refractivity contribution in [3.8, 4) is 0 Å². The van der Waals surface area contributed by atoms with Gasteiger partial charge >= 0.3 is 0 Å². The Hall–Kier alpha value is -2.84. The molecule has 0 spiro atoms. The van der Waals surface area contributed by atoms with Crippen molar-refractivity contribution in [2.45, 2.75) is 174 Å². The molecule has 0 saturated carbocycles. The summed E-state index contributed by atoms with van der Waals surface area (Å²) in [5.41, 5.74) is 0. The van der Waals surface area contributed by atoms with Crippen molar-refractivity contribution in [2.75, 3.05) is 40.9 Å². The molecule has 0 fully saturated rings. The number of nitrogens with one attached hydrogen (secondary N) is 1. The van der Waals surface area contributed by atoms with Gasteiger partial charge in [-0.05, 0) is 96.3 Å². The molecule has 1 amide bonds. The first kappa shape index (κ1) is 58.2. The average molecular weight is 869 g/mol. The molecule has 3 unspecified atom stereocenters. The van der Waals surface area contributed by atoms with Crippen molar-refractivity contribution in [3.05, 3.63) is 109 Å². The second-order valence-corrected chi connectivity index (χ2v) is 18.1. The lowest BCUT2D eigenvalue weighted by Gasteiger charge is -2.29. The molecule has 9 heteroatoms. The van der Waals surface area contributed by atoms with E-state index < -0.39 is 26.6 Å². The van der Waals surface area contributed by atoms with E-state index in [2.05, 4.69) is 116 Å². The second-order valence-electron chi connectivity index (χ2n) is 16.7. The maximum Gasteiger partial charge on any atom is 0.268 e. The molecule has 348 valence electrons. The SMILES string of the molecule is CC/C=C\C/C=C\C/C=C\C/C=C\C/C=C\C/C=C\CCCCC(=O)NC(COP(=O)([O-])OCC[N+](C)(C)C)C(O)/C=C/CC/C=C/CC/C=C/CCCCCCCCCC. The molecule has 0 aliphatic rings. The minimum atomic E-state index is -4.62. The molecule has 8 nitrogen and oxygen atoms in total. The zero-order valence-electron chi connectivity index (χ0n) is 39.3. The van der Waals surface area contributed by atoms with Gasteiger partial charge in [-0.15, -0.1) is 0 Å². The van der Waals surface area contributed by atoms with Gasteiger partial charge in [-0.25, -0.2) is 0 Å². The fraction of sp³-hybridized carbons (Fsp3) is 0.635. The number of rotatable bonds is 41. The number of likely N-dealkylation sites (N-methyl/N-ethyl adjacent to an activating group) is 1. The summed E-state index contributed by atoms with van der Waals surface area (Å²) in [6.07, 6.45) is 61.4. The van der Waals surface area contributed by atoms with Crippen molar-refractivity contribution in [1.82, 2.24) is 5.32 Å². The van der Waals surface area contributed by atoms with E-state index in [1.54, 1.807) is 6.08 Å². The highest BCUT2D eigenvalue weighted by atomic mass is 31.2. The van der Waals surface area contributed by atoms with Gasteiger partial charge in [0.05, 0.1) is 39.9 Å². The van der Waals surface area contributed by atoms with Crippen LogP contribution in [0, 0.1) is 0 Å². The van der Waals surface area contributed by atoms with E-state index in [0.29, 0.717) is 23.9 Å². The number of hydrogen-bond acceptors (Lipinski definition) is 6. The van der Waals surface area contributed by atoms with Gasteiger partial charge in [0.25, 0.3) is 7.82 Å². The molecule has 0 rings (SSSR count). The maximum absolute atomic E-state index is 12.9. The molecule has 0 aliphatic heterocycles. The minimum Gasteiger partial charge on any atom is -0.756 e. The predicted molar refractivity (Wildman–Crippen MR) is 260 cm³/mol. The van der Waals surface area contributed by atoms with Crippen LogP contribution in [-0.4, -0.2) is 68.5 Å². The number of aliphatic hydroxyl groups excluding tert-OH is 1. The van der Waals surface area contributed by atoms with Crippen LogP contribution >= 0.6 is 7.82 Å². The summed E-state index contributed by atoms with van der Waals surface area (Å²) in [7, 11) is 1.18. The zero-order valence-corrected chi connectivity index (χ0v) is 40.2. The lowest BCUT2D eigenvalue weighted by atomic mass is 10.1. The van der Waals surface area contributed by atoms with Crippen LogP contribution < -0.4 is 10.2 Å². The molecule has 0 aromatic heterocycles. The molecular weight excluding hydrogens is 780 g/mol. The minimum absolute atomic E-state index is 0.0242. The Balaban J connectivity index is 4.58. The summed E-state index contributed by atoms with van der Waals surface area (Å²) in [5, 5.41) is 13.7. The van der Waals surface area contributed by atoms with Gasteiger partial charge in [-0.2, -0.15) is 0 Å². The fourth-order valence-corrected chi connectivity index (χ4v) is 6.67. The highest BCUT2D eigenvalue weighted by Gasteiger charge is 2.23. The van der Waals surface area contributed by atoms with Crippen molar-refractivity contribution in [1.29, 1.82) is 0 Å². The highest BCUT2D eigenvalue weighted by Crippen LogP contribution is 2.38. The number of nitrogens with zero attached hydrogens (tertiary/aromatic N) is 1. The third-order valence-electron chi connectivity index (χ3n) is 9.69. The van der Waals surface area contributed by atoms with Gasteiger partial charge < -0.3 is 28.8 Å². The number of quaternary nitrogens is 1. The van der Waals surface area contributed by atoms with Crippen LogP contribution in [-0.2, 0) is 18.4 Å². The Bertz CT molecular complexity index is 1350. The normalized spacial score (nSPS) is 15.2. The standard InChI is InChI=1S/C52H89N2O6P/c1-6-8-10-12-14-16-18-20-22-24-26-27-28-30-32-34-36-38-40-42-44-46-52(56)53-50(49-60-61(57,58)59-48-47-54(3,4)5)51(55)45-43-41-39-37-35-33-31-29-25-23-21-19-17-15-13-11-9-7-2/h8,10,14,16,20,22,25-27,29-30,32,35-38,43,45,50-51,55H,6-7,9,11-13,15,17-19,21,23-24,28,31,33-34,39-42,44,46-49H2,1-5H3,(H-,53,56,57,58)/b10-8-,16-14-,22-20-,27-26-,29-25+,32-30-,37-35+,38-36-,45-43+. The van der Waals surface area contributed by atoms with Crippen LogP contribution in [0.3, 0.4) is 0 Å². The average Bonchev–Trinajstić information content (AvgIpc) is 3.21. The Kier molecular flexibility index (Phi) is 40.5. The number of unbranched alkanes of at least 4 members (excludes halogenated alkanes) is 12. The molecule has 0 radical (unpaired) electrons. The molecule has 2 N–H and O–H groups in total. The van der Waals surface area contributed by atoms with Crippen LogP contribution in [0.2, 0.25) is 0 Å². The van der Waals surface area contributed by atoms with E-state index in [1.165, 1.54) is 57.8 Å². The first-order valence-corrected chi connectivity index (χ1v) is 25.2. The molecule has 0 bridgehead atoms. The van der Waals surface area contributed by atoms with Gasteiger partial charge in [0, 0.05) is 6.42 Å². The topological polar surface area (TPSA) is 108 Å². The number of carbonyl (C=O) groups excluding carboxylic acids is 1. The second kappa shape index (κ2) is 42.5. The van der Waals surface area contributed by atoms with Gasteiger partial charge in [-0.3, -0.25) is 9.36 Å². The van der Waals surface area contributed by atoms with Crippen LogP contribution in [0.25, 0.3) is 0 Å². The fourth-order valence-electron chi connectivity index (χ4n) is 5.95. The third-order valence-corrected chi connectivity index (χ3v) is 10.7. The molecule has 0 aromatic rings. The molecule has 3 atom stereocenters. The van der Waals surface area contributed by atoms with E-state index in [-0.39, 0.29) is 18.9 Å².